The van der Waals surface area contributed by atoms with Crippen LogP contribution in [0.25, 0.3) is 0 Å². The number of nitrogens with zero attached hydrogens (tertiary/aromatic N) is 2. The lowest BCUT2D eigenvalue weighted by atomic mass is 10.1. The fourth-order valence-corrected chi connectivity index (χ4v) is 3.18. The third-order valence-electron chi connectivity index (χ3n) is 4.56. The molecule has 1 amide bonds. The first-order valence-corrected chi connectivity index (χ1v) is 8.25. The van der Waals surface area contributed by atoms with Crippen LogP contribution in [0.15, 0.2) is 35.1 Å². The number of nitrogens with one attached hydrogen (secondary N) is 1. The SMILES string of the molecule is COc1ccc(CN2CC(C)C(NC(=O)c3ccon3)C2)c(OC)c1. The number of likely N-dealkylation sites (tertiary alicyclic amines) is 1. The Hall–Kier alpha value is -2.54. The number of carbonyl (C=O) groups is 1. The first-order chi connectivity index (χ1) is 12.1. The summed E-state index contributed by atoms with van der Waals surface area (Å²) in [4.78, 5) is 14.5. The van der Waals surface area contributed by atoms with Crippen LogP contribution in [0.3, 0.4) is 0 Å². The molecule has 1 N–H and O–H groups in total. The van der Waals surface area contributed by atoms with E-state index in [1.165, 1.54) is 6.26 Å². The minimum absolute atomic E-state index is 0.0773. The number of hydrogen-bond acceptors (Lipinski definition) is 6. The van der Waals surface area contributed by atoms with Crippen molar-refractivity contribution >= 4 is 5.91 Å². The Morgan fingerprint density at radius 3 is 2.84 bits per heavy atom. The van der Waals surface area contributed by atoms with E-state index in [2.05, 4.69) is 22.3 Å². The molecule has 7 heteroatoms. The summed E-state index contributed by atoms with van der Waals surface area (Å²) in [6.07, 6.45) is 1.40. The minimum Gasteiger partial charge on any atom is -0.497 e. The van der Waals surface area contributed by atoms with Gasteiger partial charge in [-0.25, -0.2) is 0 Å². The Bertz CT molecular complexity index is 717. The summed E-state index contributed by atoms with van der Waals surface area (Å²) in [5, 5.41) is 6.72. The van der Waals surface area contributed by atoms with Crippen LogP contribution in [0.4, 0.5) is 0 Å². The van der Waals surface area contributed by atoms with E-state index in [0.717, 1.165) is 36.7 Å². The van der Waals surface area contributed by atoms with Crippen molar-refractivity contribution in [2.45, 2.75) is 19.5 Å². The van der Waals surface area contributed by atoms with Gasteiger partial charge in [-0.3, -0.25) is 9.69 Å². The van der Waals surface area contributed by atoms with Crippen molar-refractivity contribution in [1.29, 1.82) is 0 Å². The largest absolute Gasteiger partial charge is 0.497 e. The molecule has 2 heterocycles. The lowest BCUT2D eigenvalue weighted by molar-refractivity contribution is 0.0922. The summed E-state index contributed by atoms with van der Waals surface area (Å²) in [5.74, 6) is 1.73. The molecule has 1 aliphatic rings. The smallest absolute Gasteiger partial charge is 0.273 e. The number of hydrogen-bond donors (Lipinski definition) is 1. The second kappa shape index (κ2) is 7.57. The molecule has 2 atom stereocenters. The predicted molar refractivity (Wildman–Crippen MR) is 91.7 cm³/mol. The molecular formula is C18H23N3O4. The highest BCUT2D eigenvalue weighted by Crippen LogP contribution is 2.27. The van der Waals surface area contributed by atoms with Crippen molar-refractivity contribution < 1.29 is 18.8 Å². The van der Waals surface area contributed by atoms with Gasteiger partial charge in [0.1, 0.15) is 17.8 Å². The monoisotopic (exact) mass is 345 g/mol. The van der Waals surface area contributed by atoms with E-state index in [1.54, 1.807) is 20.3 Å². The zero-order valence-corrected chi connectivity index (χ0v) is 14.7. The Balaban J connectivity index is 1.63. The van der Waals surface area contributed by atoms with Crippen LogP contribution in [0.1, 0.15) is 23.0 Å². The molecule has 1 fully saturated rings. The second-order valence-corrected chi connectivity index (χ2v) is 6.31. The van der Waals surface area contributed by atoms with Gasteiger partial charge in [0.05, 0.1) is 14.2 Å². The van der Waals surface area contributed by atoms with E-state index in [9.17, 15) is 4.79 Å². The Morgan fingerprint density at radius 2 is 2.16 bits per heavy atom. The fraction of sp³-hybridized carbons (Fsp3) is 0.444. The highest BCUT2D eigenvalue weighted by Gasteiger charge is 2.31. The van der Waals surface area contributed by atoms with E-state index in [0.29, 0.717) is 11.6 Å². The van der Waals surface area contributed by atoms with Gasteiger partial charge in [-0.05, 0) is 12.0 Å². The van der Waals surface area contributed by atoms with E-state index in [-0.39, 0.29) is 11.9 Å². The van der Waals surface area contributed by atoms with Crippen LogP contribution >= 0.6 is 0 Å². The zero-order valence-electron chi connectivity index (χ0n) is 14.7. The van der Waals surface area contributed by atoms with Crippen molar-refractivity contribution in [3.8, 4) is 11.5 Å². The summed E-state index contributed by atoms with van der Waals surface area (Å²) < 4.78 is 15.4. The summed E-state index contributed by atoms with van der Waals surface area (Å²) in [5.41, 5.74) is 1.40. The summed E-state index contributed by atoms with van der Waals surface area (Å²) in [7, 11) is 3.30. The standard InChI is InChI=1S/C18H23N3O4/c1-12-9-21(10-13-4-5-14(23-2)8-17(13)24-3)11-16(12)19-18(22)15-6-7-25-20-15/h4-8,12,16H,9-11H2,1-3H3,(H,19,22). The highest BCUT2D eigenvalue weighted by molar-refractivity contribution is 5.92. The molecule has 0 saturated carbocycles. The average Bonchev–Trinajstić information content (AvgIpc) is 3.26. The molecule has 0 bridgehead atoms. The van der Waals surface area contributed by atoms with Crippen molar-refractivity contribution in [1.82, 2.24) is 15.4 Å². The number of amides is 1. The number of ether oxygens (including phenoxy) is 2. The van der Waals surface area contributed by atoms with Gasteiger partial charge in [0.2, 0.25) is 0 Å². The third kappa shape index (κ3) is 3.93. The summed E-state index contributed by atoms with van der Waals surface area (Å²) in [6.45, 7) is 4.58. The number of rotatable bonds is 6. The second-order valence-electron chi connectivity index (χ2n) is 6.31. The average molecular weight is 345 g/mol. The third-order valence-corrected chi connectivity index (χ3v) is 4.56. The predicted octanol–water partition coefficient (Wildman–Crippen LogP) is 1.94. The number of carbonyl (C=O) groups excluding carboxylic acids is 1. The van der Waals surface area contributed by atoms with Crippen LogP contribution in [0, 0.1) is 5.92 Å². The maximum atomic E-state index is 12.2. The van der Waals surface area contributed by atoms with Gasteiger partial charge in [0.15, 0.2) is 5.69 Å². The topological polar surface area (TPSA) is 76.8 Å². The lowest BCUT2D eigenvalue weighted by Crippen LogP contribution is -2.39. The first-order valence-electron chi connectivity index (χ1n) is 8.25. The minimum atomic E-state index is -0.200. The molecular weight excluding hydrogens is 322 g/mol. The molecule has 25 heavy (non-hydrogen) atoms. The normalized spacial score (nSPS) is 20.4. The van der Waals surface area contributed by atoms with Crippen molar-refractivity contribution in [3.63, 3.8) is 0 Å². The molecule has 2 unspecified atom stereocenters. The number of aromatic nitrogens is 1. The Labute approximate surface area is 146 Å². The van der Waals surface area contributed by atoms with Gasteiger partial charge in [-0.2, -0.15) is 0 Å². The van der Waals surface area contributed by atoms with E-state index < -0.39 is 0 Å². The van der Waals surface area contributed by atoms with Gasteiger partial charge in [0, 0.05) is 43.4 Å². The highest BCUT2D eigenvalue weighted by atomic mass is 16.5. The molecule has 1 saturated heterocycles. The van der Waals surface area contributed by atoms with Gasteiger partial charge >= 0.3 is 0 Å². The molecule has 0 aliphatic carbocycles. The molecule has 1 aliphatic heterocycles. The van der Waals surface area contributed by atoms with Crippen molar-refractivity contribution in [2.24, 2.45) is 5.92 Å². The first kappa shape index (κ1) is 17.3. The summed E-state index contributed by atoms with van der Waals surface area (Å²) in [6, 6.07) is 7.48. The molecule has 2 aromatic rings. The molecule has 134 valence electrons. The molecule has 7 nitrogen and oxygen atoms in total. The van der Waals surface area contributed by atoms with Crippen LogP contribution in [-0.4, -0.2) is 49.3 Å². The van der Waals surface area contributed by atoms with Gasteiger partial charge < -0.3 is 19.3 Å². The van der Waals surface area contributed by atoms with Gasteiger partial charge in [-0.15, -0.1) is 0 Å². The van der Waals surface area contributed by atoms with Crippen LogP contribution in [0.5, 0.6) is 11.5 Å². The number of methoxy groups -OCH3 is 2. The molecule has 0 radical (unpaired) electrons. The van der Waals surface area contributed by atoms with E-state index in [4.69, 9.17) is 14.0 Å². The van der Waals surface area contributed by atoms with Crippen molar-refractivity contribution in [2.75, 3.05) is 27.3 Å². The summed E-state index contributed by atoms with van der Waals surface area (Å²) >= 11 is 0. The lowest BCUT2D eigenvalue weighted by Gasteiger charge is -2.18. The molecule has 3 rings (SSSR count). The van der Waals surface area contributed by atoms with Gasteiger partial charge in [0.25, 0.3) is 5.91 Å². The molecule has 1 aromatic heterocycles. The fourth-order valence-electron chi connectivity index (χ4n) is 3.18. The quantitative estimate of drug-likeness (QED) is 0.862. The molecule has 1 aromatic carbocycles. The number of benzene rings is 1. The van der Waals surface area contributed by atoms with Crippen LogP contribution < -0.4 is 14.8 Å². The Morgan fingerprint density at radius 1 is 1.32 bits per heavy atom. The maximum absolute atomic E-state index is 12.2. The van der Waals surface area contributed by atoms with E-state index in [1.807, 2.05) is 18.2 Å². The van der Waals surface area contributed by atoms with E-state index >= 15 is 0 Å². The van der Waals surface area contributed by atoms with Crippen LogP contribution in [0.2, 0.25) is 0 Å². The zero-order chi connectivity index (χ0) is 17.8. The van der Waals surface area contributed by atoms with Crippen LogP contribution in [-0.2, 0) is 6.54 Å². The molecule has 0 spiro atoms. The maximum Gasteiger partial charge on any atom is 0.273 e. The Kier molecular flexibility index (Phi) is 5.23. The van der Waals surface area contributed by atoms with Crippen molar-refractivity contribution in [3.05, 3.63) is 41.8 Å². The van der Waals surface area contributed by atoms with Gasteiger partial charge in [-0.1, -0.05) is 18.1 Å².